The first kappa shape index (κ1) is 15.7. The number of fused-ring (bicyclic) bond motifs is 1. The lowest BCUT2D eigenvalue weighted by molar-refractivity contribution is 0.643. The standard InChI is InChI=1S/C17H20N4OS/c1-11-4-5-12-8-13(16(22)21-15(12)7-11)9-19-6-2-3-14-10-23-17(18)20-14/h4-5,7-8,10,19H,2-3,6,9H2,1H3,(H2,18,20)(H,21,22). The lowest BCUT2D eigenvalue weighted by atomic mass is 10.1. The Morgan fingerprint density at radius 1 is 1.35 bits per heavy atom. The number of thiazole rings is 1. The monoisotopic (exact) mass is 328 g/mol. The third-order valence-corrected chi connectivity index (χ3v) is 4.47. The molecule has 1 aromatic carbocycles. The average molecular weight is 328 g/mol. The van der Waals surface area contributed by atoms with Crippen LogP contribution < -0.4 is 16.6 Å². The van der Waals surface area contributed by atoms with Gasteiger partial charge < -0.3 is 16.0 Å². The number of nitrogen functional groups attached to an aromatic ring is 1. The number of aromatic amines is 1. The van der Waals surface area contributed by atoms with Crippen LogP contribution in [-0.4, -0.2) is 16.5 Å². The van der Waals surface area contributed by atoms with Crippen molar-refractivity contribution in [2.24, 2.45) is 0 Å². The summed E-state index contributed by atoms with van der Waals surface area (Å²) in [7, 11) is 0. The number of aromatic nitrogens is 2. The van der Waals surface area contributed by atoms with Gasteiger partial charge in [0.05, 0.1) is 5.69 Å². The molecule has 3 aromatic rings. The van der Waals surface area contributed by atoms with Gasteiger partial charge in [0.25, 0.3) is 5.56 Å². The first-order chi connectivity index (χ1) is 11.1. The van der Waals surface area contributed by atoms with Crippen molar-refractivity contribution in [3.63, 3.8) is 0 Å². The van der Waals surface area contributed by atoms with E-state index in [2.05, 4.69) is 21.4 Å². The average Bonchev–Trinajstić information content (AvgIpc) is 2.93. The molecule has 0 radical (unpaired) electrons. The fourth-order valence-corrected chi connectivity index (χ4v) is 3.14. The zero-order valence-corrected chi connectivity index (χ0v) is 13.9. The fraction of sp³-hybridized carbons (Fsp3) is 0.294. The molecule has 0 saturated heterocycles. The summed E-state index contributed by atoms with van der Waals surface area (Å²) in [4.78, 5) is 19.3. The van der Waals surface area contributed by atoms with E-state index in [1.807, 2.05) is 30.5 Å². The van der Waals surface area contributed by atoms with Gasteiger partial charge in [-0.15, -0.1) is 11.3 Å². The normalized spacial score (nSPS) is 11.2. The van der Waals surface area contributed by atoms with Crippen LogP contribution >= 0.6 is 11.3 Å². The molecular formula is C17H20N4OS. The predicted molar refractivity (Wildman–Crippen MR) is 95.9 cm³/mol. The van der Waals surface area contributed by atoms with E-state index in [9.17, 15) is 4.79 Å². The van der Waals surface area contributed by atoms with Gasteiger partial charge in [-0.1, -0.05) is 12.1 Å². The van der Waals surface area contributed by atoms with Gasteiger partial charge >= 0.3 is 0 Å². The summed E-state index contributed by atoms with van der Waals surface area (Å²) in [5.41, 5.74) is 9.41. The highest BCUT2D eigenvalue weighted by Crippen LogP contribution is 2.13. The molecule has 5 nitrogen and oxygen atoms in total. The van der Waals surface area contributed by atoms with E-state index >= 15 is 0 Å². The molecule has 2 aromatic heterocycles. The maximum atomic E-state index is 12.1. The van der Waals surface area contributed by atoms with Crippen molar-refractivity contribution in [1.29, 1.82) is 0 Å². The van der Waals surface area contributed by atoms with Crippen molar-refractivity contribution in [3.05, 3.63) is 56.8 Å². The molecule has 0 aliphatic carbocycles. The molecule has 0 aliphatic rings. The van der Waals surface area contributed by atoms with Crippen LogP contribution in [0.5, 0.6) is 0 Å². The van der Waals surface area contributed by atoms with Crippen LogP contribution in [0.25, 0.3) is 10.9 Å². The Labute approximate surface area is 138 Å². The molecule has 6 heteroatoms. The molecule has 0 unspecified atom stereocenters. The second kappa shape index (κ2) is 6.93. The summed E-state index contributed by atoms with van der Waals surface area (Å²) in [6, 6.07) is 8.05. The molecule has 0 atom stereocenters. The molecular weight excluding hydrogens is 308 g/mol. The third kappa shape index (κ3) is 3.97. The molecule has 4 N–H and O–H groups in total. The maximum Gasteiger partial charge on any atom is 0.252 e. The number of aryl methyl sites for hydroxylation is 2. The largest absolute Gasteiger partial charge is 0.375 e. The Morgan fingerprint density at radius 2 is 2.22 bits per heavy atom. The predicted octanol–water partition coefficient (Wildman–Crippen LogP) is 2.60. The molecule has 0 fully saturated rings. The zero-order valence-electron chi connectivity index (χ0n) is 13.1. The van der Waals surface area contributed by atoms with E-state index in [-0.39, 0.29) is 5.56 Å². The van der Waals surface area contributed by atoms with E-state index in [1.165, 1.54) is 11.3 Å². The SMILES string of the molecule is Cc1ccc2cc(CNCCCc3csc(N)n3)c(=O)[nH]c2c1. The number of rotatable bonds is 6. The molecule has 0 amide bonds. The van der Waals surface area contributed by atoms with Crippen LogP contribution in [0.3, 0.4) is 0 Å². The van der Waals surface area contributed by atoms with Crippen LogP contribution in [0, 0.1) is 6.92 Å². The number of benzene rings is 1. The molecule has 0 spiro atoms. The highest BCUT2D eigenvalue weighted by Gasteiger charge is 2.03. The molecule has 23 heavy (non-hydrogen) atoms. The van der Waals surface area contributed by atoms with Crippen molar-refractivity contribution in [1.82, 2.24) is 15.3 Å². The van der Waals surface area contributed by atoms with Crippen molar-refractivity contribution >= 4 is 27.4 Å². The Bertz CT molecular complexity index is 868. The molecule has 120 valence electrons. The zero-order chi connectivity index (χ0) is 16.2. The van der Waals surface area contributed by atoms with E-state index in [1.54, 1.807) is 0 Å². The van der Waals surface area contributed by atoms with Crippen molar-refractivity contribution in [2.75, 3.05) is 12.3 Å². The lowest BCUT2D eigenvalue weighted by Crippen LogP contribution is -2.22. The summed E-state index contributed by atoms with van der Waals surface area (Å²) < 4.78 is 0. The van der Waals surface area contributed by atoms with E-state index in [0.29, 0.717) is 11.7 Å². The van der Waals surface area contributed by atoms with Gasteiger partial charge in [0, 0.05) is 23.0 Å². The minimum Gasteiger partial charge on any atom is -0.375 e. The summed E-state index contributed by atoms with van der Waals surface area (Å²) in [5, 5.41) is 6.99. The van der Waals surface area contributed by atoms with Crippen molar-refractivity contribution in [3.8, 4) is 0 Å². The topological polar surface area (TPSA) is 83.8 Å². The van der Waals surface area contributed by atoms with E-state index < -0.39 is 0 Å². The van der Waals surface area contributed by atoms with Crippen molar-refractivity contribution in [2.45, 2.75) is 26.3 Å². The molecule has 0 bridgehead atoms. The third-order valence-electron chi connectivity index (χ3n) is 3.75. The number of hydrogen-bond acceptors (Lipinski definition) is 5. The highest BCUT2D eigenvalue weighted by atomic mass is 32.1. The first-order valence-electron chi connectivity index (χ1n) is 7.65. The van der Waals surface area contributed by atoms with Crippen LogP contribution in [0.2, 0.25) is 0 Å². The fourth-order valence-electron chi connectivity index (χ4n) is 2.55. The van der Waals surface area contributed by atoms with Gasteiger partial charge in [0.1, 0.15) is 0 Å². The second-order valence-corrected chi connectivity index (χ2v) is 6.56. The van der Waals surface area contributed by atoms with Crippen LogP contribution in [0.1, 0.15) is 23.2 Å². The number of anilines is 1. The number of pyridine rings is 1. The smallest absolute Gasteiger partial charge is 0.252 e. The van der Waals surface area contributed by atoms with Gasteiger partial charge in [-0.3, -0.25) is 4.79 Å². The Kier molecular flexibility index (Phi) is 4.73. The second-order valence-electron chi connectivity index (χ2n) is 5.67. The molecule has 0 aliphatic heterocycles. The lowest BCUT2D eigenvalue weighted by Gasteiger charge is -2.06. The van der Waals surface area contributed by atoms with Gasteiger partial charge in [0.15, 0.2) is 5.13 Å². The first-order valence-corrected chi connectivity index (χ1v) is 8.53. The maximum absolute atomic E-state index is 12.1. The summed E-state index contributed by atoms with van der Waals surface area (Å²) in [6.45, 7) is 3.42. The number of nitrogens with one attached hydrogen (secondary N) is 2. The quantitative estimate of drug-likeness (QED) is 0.607. The minimum absolute atomic E-state index is 0.0251. The molecule has 3 rings (SSSR count). The van der Waals surface area contributed by atoms with Gasteiger partial charge in [-0.2, -0.15) is 0 Å². The Morgan fingerprint density at radius 3 is 3.00 bits per heavy atom. The number of hydrogen-bond donors (Lipinski definition) is 3. The molecule has 0 saturated carbocycles. The number of nitrogens with zero attached hydrogens (tertiary/aromatic N) is 1. The van der Waals surface area contributed by atoms with E-state index in [0.717, 1.165) is 47.1 Å². The van der Waals surface area contributed by atoms with Gasteiger partial charge in [-0.05, 0) is 49.4 Å². The number of H-pyrrole nitrogens is 1. The van der Waals surface area contributed by atoms with Crippen LogP contribution in [0.15, 0.2) is 34.4 Å². The Balaban J connectivity index is 1.55. The van der Waals surface area contributed by atoms with Gasteiger partial charge in [-0.25, -0.2) is 4.98 Å². The van der Waals surface area contributed by atoms with E-state index in [4.69, 9.17) is 5.73 Å². The van der Waals surface area contributed by atoms with Crippen molar-refractivity contribution < 1.29 is 0 Å². The molecule has 2 heterocycles. The minimum atomic E-state index is -0.0251. The Hall–Kier alpha value is -2.18. The highest BCUT2D eigenvalue weighted by molar-refractivity contribution is 7.13. The van der Waals surface area contributed by atoms with Crippen LogP contribution in [-0.2, 0) is 13.0 Å². The van der Waals surface area contributed by atoms with Gasteiger partial charge in [0.2, 0.25) is 0 Å². The summed E-state index contributed by atoms with van der Waals surface area (Å²) >= 11 is 1.47. The number of nitrogens with two attached hydrogens (primary N) is 1. The summed E-state index contributed by atoms with van der Waals surface area (Å²) in [6.07, 6.45) is 1.86. The summed E-state index contributed by atoms with van der Waals surface area (Å²) in [5.74, 6) is 0. The van der Waals surface area contributed by atoms with Crippen LogP contribution in [0.4, 0.5) is 5.13 Å².